The summed E-state index contributed by atoms with van der Waals surface area (Å²) < 4.78 is 5.24. The molecule has 0 aliphatic carbocycles. The van der Waals surface area contributed by atoms with E-state index in [4.69, 9.17) is 0 Å². The Hall–Kier alpha value is -3.53. The van der Waals surface area contributed by atoms with Gasteiger partial charge < -0.3 is 18.8 Å². The lowest BCUT2D eigenvalue weighted by Crippen LogP contribution is -2.13. The fraction of sp³-hybridized carbons (Fsp3) is 0.222. The lowest BCUT2D eigenvalue weighted by atomic mass is 10.2. The molecule has 2 unspecified atom stereocenters. The molecule has 5 aromatic heterocycles. The smallest absolute Gasteiger partial charge is 0.250 e. The minimum absolute atomic E-state index is 0.0114. The molecule has 9 heteroatoms. The molecular formula is C27H28N4O3S2. The van der Waals surface area contributed by atoms with E-state index in [9.17, 15) is 14.7 Å². The highest BCUT2D eigenvalue weighted by Crippen LogP contribution is 2.32. The number of aryl methyl sites for hydroxylation is 2. The van der Waals surface area contributed by atoms with Crippen LogP contribution in [-0.2, 0) is 14.1 Å². The number of imidazole rings is 1. The van der Waals surface area contributed by atoms with Crippen molar-refractivity contribution in [2.75, 3.05) is 0 Å². The first-order valence-electron chi connectivity index (χ1n) is 11.4. The molecule has 36 heavy (non-hydrogen) atoms. The molecule has 0 bridgehead atoms. The van der Waals surface area contributed by atoms with Crippen LogP contribution in [0.4, 0.5) is 0 Å². The SMILES string of the molecule is CC(O)c1ccc(-c2ccc(=O)n(C)c2)s1.CC(c1ccc(-c2ccc(=O)n(C)c2)s1)n1ccnc1. The molecule has 5 aromatic rings. The number of rotatable bonds is 5. The quantitative estimate of drug-likeness (QED) is 0.350. The van der Waals surface area contributed by atoms with Crippen molar-refractivity contribution in [3.63, 3.8) is 0 Å². The zero-order valence-corrected chi connectivity index (χ0v) is 22.2. The summed E-state index contributed by atoms with van der Waals surface area (Å²) in [6, 6.07) is 15.2. The van der Waals surface area contributed by atoms with Gasteiger partial charge in [0.1, 0.15) is 0 Å². The number of pyridine rings is 2. The van der Waals surface area contributed by atoms with E-state index in [0.29, 0.717) is 0 Å². The average Bonchev–Trinajstić information content (AvgIpc) is 3.64. The molecule has 0 amide bonds. The van der Waals surface area contributed by atoms with Crippen LogP contribution in [0.3, 0.4) is 0 Å². The molecule has 2 atom stereocenters. The standard InChI is InChI=1S/C15H15N3OS.C12H13NO2S/c1-11(18-8-7-16-10-18)13-4-5-14(20-13)12-3-6-15(19)17(2)9-12;1-8(14)10-4-5-11(16-10)9-3-6-12(15)13(2)7-9/h3-11H,1-2H3;3-8,14H,1-2H3. The van der Waals surface area contributed by atoms with Gasteiger partial charge in [-0.3, -0.25) is 9.59 Å². The van der Waals surface area contributed by atoms with Gasteiger partial charge >= 0.3 is 0 Å². The van der Waals surface area contributed by atoms with Gasteiger partial charge in [0.25, 0.3) is 0 Å². The molecular weight excluding hydrogens is 492 g/mol. The molecule has 0 fully saturated rings. The highest BCUT2D eigenvalue weighted by atomic mass is 32.1. The van der Waals surface area contributed by atoms with Gasteiger partial charge in [-0.05, 0) is 50.2 Å². The highest BCUT2D eigenvalue weighted by molar-refractivity contribution is 7.15. The Morgan fingerprint density at radius 1 is 0.778 bits per heavy atom. The number of thiophene rings is 2. The first kappa shape index (κ1) is 25.6. The third-order valence-corrected chi connectivity index (χ3v) is 8.40. The van der Waals surface area contributed by atoms with Gasteiger partial charge in [-0.2, -0.15) is 0 Å². The van der Waals surface area contributed by atoms with Gasteiger partial charge in [0.2, 0.25) is 11.1 Å². The second kappa shape index (κ2) is 11.0. The number of aromatic nitrogens is 4. The second-order valence-electron chi connectivity index (χ2n) is 8.50. The van der Waals surface area contributed by atoms with E-state index in [-0.39, 0.29) is 17.2 Å². The molecule has 7 nitrogen and oxygen atoms in total. The van der Waals surface area contributed by atoms with Gasteiger partial charge in [0.05, 0.1) is 18.5 Å². The second-order valence-corrected chi connectivity index (χ2v) is 10.7. The van der Waals surface area contributed by atoms with E-state index in [1.54, 1.807) is 83.4 Å². The van der Waals surface area contributed by atoms with E-state index < -0.39 is 6.10 Å². The Morgan fingerprint density at radius 2 is 1.31 bits per heavy atom. The van der Waals surface area contributed by atoms with Crippen molar-refractivity contribution in [3.05, 3.63) is 110 Å². The van der Waals surface area contributed by atoms with E-state index in [2.05, 4.69) is 28.6 Å². The Morgan fingerprint density at radius 3 is 1.75 bits per heavy atom. The molecule has 186 valence electrons. The number of nitrogens with zero attached hydrogens (tertiary/aromatic N) is 4. The van der Waals surface area contributed by atoms with Crippen molar-refractivity contribution >= 4 is 22.7 Å². The molecule has 0 aromatic carbocycles. The van der Waals surface area contributed by atoms with Crippen LogP contribution in [-0.4, -0.2) is 23.8 Å². The molecule has 0 spiro atoms. The number of hydrogen-bond donors (Lipinski definition) is 1. The van der Waals surface area contributed by atoms with Crippen LogP contribution in [0.25, 0.3) is 20.9 Å². The van der Waals surface area contributed by atoms with E-state index in [1.807, 2.05) is 36.9 Å². The zero-order chi connectivity index (χ0) is 25.8. The van der Waals surface area contributed by atoms with E-state index in [1.165, 1.54) is 9.75 Å². The fourth-order valence-electron chi connectivity index (χ4n) is 3.59. The van der Waals surface area contributed by atoms with Crippen LogP contribution in [0.1, 0.15) is 35.7 Å². The van der Waals surface area contributed by atoms with Crippen LogP contribution in [0, 0.1) is 0 Å². The third kappa shape index (κ3) is 5.81. The Kier molecular flexibility index (Phi) is 7.83. The van der Waals surface area contributed by atoms with Crippen molar-refractivity contribution in [3.8, 4) is 20.9 Å². The molecule has 0 radical (unpaired) electrons. The fourth-order valence-corrected chi connectivity index (χ4v) is 5.58. The molecule has 0 saturated heterocycles. The van der Waals surface area contributed by atoms with Crippen LogP contribution in [0.15, 0.2) is 89.2 Å². The van der Waals surface area contributed by atoms with Gasteiger partial charge in [-0.25, -0.2) is 4.98 Å². The predicted molar refractivity (Wildman–Crippen MR) is 147 cm³/mol. The summed E-state index contributed by atoms with van der Waals surface area (Å²) in [6.07, 6.45) is 8.83. The monoisotopic (exact) mass is 520 g/mol. The van der Waals surface area contributed by atoms with E-state index >= 15 is 0 Å². The maximum absolute atomic E-state index is 11.4. The molecule has 0 saturated carbocycles. The Balaban J connectivity index is 0.000000174. The van der Waals surface area contributed by atoms with Gasteiger partial charge in [0, 0.05) is 81.7 Å². The maximum atomic E-state index is 11.4. The first-order chi connectivity index (χ1) is 17.2. The van der Waals surface area contributed by atoms with Crippen LogP contribution in [0.2, 0.25) is 0 Å². The molecule has 5 heterocycles. The summed E-state index contributed by atoms with van der Waals surface area (Å²) in [6.45, 7) is 3.90. The molecule has 1 N–H and O–H groups in total. The normalized spacial score (nSPS) is 12.6. The average molecular weight is 521 g/mol. The largest absolute Gasteiger partial charge is 0.388 e. The number of aliphatic hydroxyl groups excluding tert-OH is 1. The topological polar surface area (TPSA) is 82.0 Å². The van der Waals surface area contributed by atoms with Gasteiger partial charge in [0.15, 0.2) is 0 Å². The summed E-state index contributed by atoms with van der Waals surface area (Å²) in [4.78, 5) is 31.2. The minimum Gasteiger partial charge on any atom is -0.388 e. The van der Waals surface area contributed by atoms with Crippen molar-refractivity contribution in [1.82, 2.24) is 18.7 Å². The van der Waals surface area contributed by atoms with Crippen molar-refractivity contribution < 1.29 is 5.11 Å². The predicted octanol–water partition coefficient (Wildman–Crippen LogP) is 5.09. The van der Waals surface area contributed by atoms with Gasteiger partial charge in [-0.15, -0.1) is 22.7 Å². The van der Waals surface area contributed by atoms with Crippen molar-refractivity contribution in [1.29, 1.82) is 0 Å². The van der Waals surface area contributed by atoms with Crippen molar-refractivity contribution in [2.45, 2.75) is 26.0 Å². The lowest BCUT2D eigenvalue weighted by Gasteiger charge is -2.10. The van der Waals surface area contributed by atoms with Crippen LogP contribution in [0.5, 0.6) is 0 Å². The first-order valence-corrected chi connectivity index (χ1v) is 13.1. The maximum Gasteiger partial charge on any atom is 0.250 e. The van der Waals surface area contributed by atoms with Gasteiger partial charge in [-0.1, -0.05) is 0 Å². The number of aliphatic hydroxyl groups is 1. The third-order valence-electron chi connectivity index (χ3n) is 5.79. The highest BCUT2D eigenvalue weighted by Gasteiger charge is 2.11. The number of hydrogen-bond acceptors (Lipinski definition) is 6. The molecule has 5 rings (SSSR count). The minimum atomic E-state index is -0.439. The summed E-state index contributed by atoms with van der Waals surface area (Å²) in [5.74, 6) is 0. The Bertz CT molecular complexity index is 1560. The zero-order valence-electron chi connectivity index (χ0n) is 20.5. The lowest BCUT2D eigenvalue weighted by molar-refractivity contribution is 0.203. The molecule has 0 aliphatic rings. The summed E-state index contributed by atoms with van der Waals surface area (Å²) in [5.41, 5.74) is 2.06. The van der Waals surface area contributed by atoms with Crippen LogP contribution >= 0.6 is 22.7 Å². The van der Waals surface area contributed by atoms with Crippen LogP contribution < -0.4 is 11.1 Å². The summed E-state index contributed by atoms with van der Waals surface area (Å²) >= 11 is 3.29. The Labute approximate surface area is 217 Å². The van der Waals surface area contributed by atoms with Crippen molar-refractivity contribution in [2.24, 2.45) is 14.1 Å². The molecule has 0 aliphatic heterocycles. The summed E-state index contributed by atoms with van der Waals surface area (Å²) in [7, 11) is 3.50. The van der Waals surface area contributed by atoms with E-state index in [0.717, 1.165) is 20.9 Å². The summed E-state index contributed by atoms with van der Waals surface area (Å²) in [5, 5.41) is 9.44.